The Morgan fingerprint density at radius 3 is 2.77 bits per heavy atom. The molecule has 0 radical (unpaired) electrons. The molecule has 0 aliphatic heterocycles. The number of fused-ring (bicyclic) bond motifs is 1. The van der Waals surface area contributed by atoms with Crippen molar-refractivity contribution < 1.29 is 9.13 Å². The van der Waals surface area contributed by atoms with Crippen LogP contribution in [0.5, 0.6) is 5.75 Å². The summed E-state index contributed by atoms with van der Waals surface area (Å²) in [6.07, 6.45) is 3.12. The molecule has 2 rings (SSSR count). The van der Waals surface area contributed by atoms with Crippen molar-refractivity contribution >= 4 is 10.8 Å². The van der Waals surface area contributed by atoms with E-state index in [4.69, 9.17) is 4.74 Å². The van der Waals surface area contributed by atoms with Gasteiger partial charge in [0.15, 0.2) is 0 Å². The van der Waals surface area contributed by atoms with Crippen molar-refractivity contribution in [3.8, 4) is 17.6 Å². The van der Waals surface area contributed by atoms with Gasteiger partial charge in [0.25, 0.3) is 0 Å². The van der Waals surface area contributed by atoms with E-state index in [0.717, 1.165) is 34.9 Å². The first kappa shape index (κ1) is 16.1. The monoisotopic (exact) mass is 296 g/mol. The molecule has 0 aliphatic rings. The number of unbranched alkanes of at least 4 members (excludes halogenated alkanes) is 1. The standard InChI is InChI=1S/C20H21FO/c1-3-13-22-20-12-11-18-14-17(9-10-19(18)15-20)8-6-4-5-7-16(2)21/h3,9-12,14-16H,1,4-5,7,13H2,2H3. The lowest BCUT2D eigenvalue weighted by Crippen LogP contribution is -1.92. The summed E-state index contributed by atoms with van der Waals surface area (Å²) in [6, 6.07) is 12.1. The van der Waals surface area contributed by atoms with Crippen molar-refractivity contribution in [2.45, 2.75) is 32.4 Å². The van der Waals surface area contributed by atoms with Crippen LogP contribution >= 0.6 is 0 Å². The molecule has 0 spiro atoms. The molecule has 0 amide bonds. The summed E-state index contributed by atoms with van der Waals surface area (Å²) in [4.78, 5) is 0. The third kappa shape index (κ3) is 4.93. The van der Waals surface area contributed by atoms with E-state index in [1.165, 1.54) is 0 Å². The zero-order valence-electron chi connectivity index (χ0n) is 12.9. The topological polar surface area (TPSA) is 9.23 Å². The molecule has 1 atom stereocenters. The predicted molar refractivity (Wildman–Crippen MR) is 90.9 cm³/mol. The van der Waals surface area contributed by atoms with Gasteiger partial charge in [-0.25, -0.2) is 4.39 Å². The largest absolute Gasteiger partial charge is 0.490 e. The molecule has 0 fully saturated rings. The second-order valence-electron chi connectivity index (χ2n) is 5.30. The Labute approximate surface area is 131 Å². The van der Waals surface area contributed by atoms with Crippen molar-refractivity contribution in [3.05, 3.63) is 54.6 Å². The number of ether oxygens (including phenoxy) is 1. The van der Waals surface area contributed by atoms with Gasteiger partial charge < -0.3 is 4.74 Å². The van der Waals surface area contributed by atoms with Gasteiger partial charge in [-0.15, -0.1) is 0 Å². The fourth-order valence-corrected chi connectivity index (χ4v) is 2.18. The van der Waals surface area contributed by atoms with Crippen molar-refractivity contribution in [2.24, 2.45) is 0 Å². The number of rotatable bonds is 6. The van der Waals surface area contributed by atoms with Gasteiger partial charge in [0, 0.05) is 12.0 Å². The van der Waals surface area contributed by atoms with E-state index in [2.05, 4.69) is 24.5 Å². The summed E-state index contributed by atoms with van der Waals surface area (Å²) in [5.74, 6) is 7.09. The fourth-order valence-electron chi connectivity index (χ4n) is 2.18. The van der Waals surface area contributed by atoms with Crippen LogP contribution in [-0.4, -0.2) is 12.8 Å². The summed E-state index contributed by atoms with van der Waals surface area (Å²) in [7, 11) is 0. The second kappa shape index (κ2) is 8.24. The first-order valence-corrected chi connectivity index (χ1v) is 7.59. The Kier molecular flexibility index (Phi) is 6.03. The molecule has 0 bridgehead atoms. The van der Waals surface area contributed by atoms with E-state index in [1.54, 1.807) is 13.0 Å². The maximum absolute atomic E-state index is 12.7. The third-order valence-corrected chi connectivity index (χ3v) is 3.32. The summed E-state index contributed by atoms with van der Waals surface area (Å²) < 4.78 is 18.2. The van der Waals surface area contributed by atoms with Gasteiger partial charge in [-0.2, -0.15) is 0 Å². The van der Waals surface area contributed by atoms with E-state index in [1.807, 2.05) is 30.3 Å². The maximum Gasteiger partial charge on any atom is 0.120 e. The number of benzene rings is 2. The molecular weight excluding hydrogens is 275 g/mol. The molecule has 2 aromatic rings. The van der Waals surface area contributed by atoms with Gasteiger partial charge >= 0.3 is 0 Å². The molecule has 22 heavy (non-hydrogen) atoms. The maximum atomic E-state index is 12.7. The Morgan fingerprint density at radius 1 is 1.23 bits per heavy atom. The SMILES string of the molecule is C=CCOc1ccc2cc(C#CCCCC(C)F)ccc2c1. The smallest absolute Gasteiger partial charge is 0.120 e. The van der Waals surface area contributed by atoms with Crippen LogP contribution in [0.4, 0.5) is 4.39 Å². The number of hydrogen-bond acceptors (Lipinski definition) is 1. The number of hydrogen-bond donors (Lipinski definition) is 0. The average molecular weight is 296 g/mol. The molecule has 2 heteroatoms. The lowest BCUT2D eigenvalue weighted by Gasteiger charge is -2.05. The van der Waals surface area contributed by atoms with Crippen molar-refractivity contribution in [1.82, 2.24) is 0 Å². The van der Waals surface area contributed by atoms with E-state index < -0.39 is 6.17 Å². The van der Waals surface area contributed by atoms with Crippen LogP contribution in [0.3, 0.4) is 0 Å². The first-order valence-electron chi connectivity index (χ1n) is 7.59. The van der Waals surface area contributed by atoms with Crippen molar-refractivity contribution in [3.63, 3.8) is 0 Å². The predicted octanol–water partition coefficient (Wildman–Crippen LogP) is 5.28. The minimum atomic E-state index is -0.736. The zero-order valence-corrected chi connectivity index (χ0v) is 12.9. The summed E-state index contributed by atoms with van der Waals surface area (Å²) in [5, 5.41) is 2.26. The minimum absolute atomic E-state index is 0.507. The van der Waals surface area contributed by atoms with E-state index in [9.17, 15) is 4.39 Å². The summed E-state index contributed by atoms with van der Waals surface area (Å²) in [5.41, 5.74) is 0.987. The molecule has 0 aliphatic carbocycles. The fraction of sp³-hybridized carbons (Fsp3) is 0.300. The number of alkyl halides is 1. The van der Waals surface area contributed by atoms with Crippen LogP contribution < -0.4 is 4.74 Å². The molecule has 0 aromatic heterocycles. The highest BCUT2D eigenvalue weighted by molar-refractivity contribution is 5.85. The van der Waals surface area contributed by atoms with Crippen LogP contribution in [0.25, 0.3) is 10.8 Å². The van der Waals surface area contributed by atoms with Gasteiger partial charge in [-0.1, -0.05) is 36.6 Å². The van der Waals surface area contributed by atoms with Crippen LogP contribution in [0.15, 0.2) is 49.1 Å². The first-order chi connectivity index (χ1) is 10.7. The van der Waals surface area contributed by atoms with E-state index in [0.29, 0.717) is 13.0 Å². The van der Waals surface area contributed by atoms with Crippen molar-refractivity contribution in [2.75, 3.05) is 6.61 Å². The Morgan fingerprint density at radius 2 is 2.00 bits per heavy atom. The summed E-state index contributed by atoms with van der Waals surface area (Å²) in [6.45, 7) is 5.73. The lowest BCUT2D eigenvalue weighted by molar-refractivity contribution is 0.336. The normalized spacial score (nSPS) is 11.5. The van der Waals surface area contributed by atoms with Gasteiger partial charge in [0.2, 0.25) is 0 Å². The molecule has 0 N–H and O–H groups in total. The Hall–Kier alpha value is -2.27. The third-order valence-electron chi connectivity index (χ3n) is 3.32. The Balaban J connectivity index is 2.04. The summed E-state index contributed by atoms with van der Waals surface area (Å²) >= 11 is 0. The second-order valence-corrected chi connectivity index (χ2v) is 5.30. The lowest BCUT2D eigenvalue weighted by atomic mass is 10.1. The average Bonchev–Trinajstić information content (AvgIpc) is 2.52. The Bertz CT molecular complexity index is 692. The molecule has 2 aromatic carbocycles. The van der Waals surface area contributed by atoms with Crippen LogP contribution in [-0.2, 0) is 0 Å². The molecule has 114 valence electrons. The molecule has 0 saturated carbocycles. The highest BCUT2D eigenvalue weighted by Crippen LogP contribution is 2.22. The highest BCUT2D eigenvalue weighted by atomic mass is 19.1. The van der Waals surface area contributed by atoms with E-state index in [-0.39, 0.29) is 0 Å². The molecule has 1 unspecified atom stereocenters. The zero-order chi connectivity index (χ0) is 15.8. The number of halogens is 1. The molecular formula is C20H21FO. The molecule has 1 nitrogen and oxygen atoms in total. The van der Waals surface area contributed by atoms with Crippen LogP contribution in [0, 0.1) is 11.8 Å². The van der Waals surface area contributed by atoms with Crippen LogP contribution in [0.1, 0.15) is 31.7 Å². The molecule has 0 saturated heterocycles. The molecule has 0 heterocycles. The van der Waals surface area contributed by atoms with E-state index >= 15 is 0 Å². The highest BCUT2D eigenvalue weighted by Gasteiger charge is 1.98. The van der Waals surface area contributed by atoms with Gasteiger partial charge in [0.1, 0.15) is 12.4 Å². The van der Waals surface area contributed by atoms with Gasteiger partial charge in [0.05, 0.1) is 6.17 Å². The van der Waals surface area contributed by atoms with Gasteiger partial charge in [-0.3, -0.25) is 0 Å². The van der Waals surface area contributed by atoms with Crippen molar-refractivity contribution in [1.29, 1.82) is 0 Å². The van der Waals surface area contributed by atoms with Crippen LogP contribution in [0.2, 0.25) is 0 Å². The quantitative estimate of drug-likeness (QED) is 0.400. The van der Waals surface area contributed by atoms with Gasteiger partial charge in [-0.05, 0) is 54.8 Å². The minimum Gasteiger partial charge on any atom is -0.490 e.